The second-order valence-corrected chi connectivity index (χ2v) is 3.65. The van der Waals surface area contributed by atoms with Crippen molar-refractivity contribution in [3.05, 3.63) is 0 Å². The molecule has 0 aliphatic rings. The van der Waals surface area contributed by atoms with Crippen LogP contribution in [-0.2, 0) is 0 Å². The molecule has 0 unspecified atom stereocenters. The summed E-state index contributed by atoms with van der Waals surface area (Å²) in [6, 6.07) is 0.568. The molecule has 0 amide bonds. The van der Waals surface area contributed by atoms with E-state index in [-0.39, 0.29) is 11.6 Å². The van der Waals surface area contributed by atoms with E-state index in [0.717, 1.165) is 6.42 Å². The monoisotopic (exact) mass is 184 g/mol. The van der Waals surface area contributed by atoms with Crippen LogP contribution < -0.4 is 10.6 Å². The molecule has 0 bridgehead atoms. The predicted octanol–water partition coefficient (Wildman–Crippen LogP) is 1.28. The summed E-state index contributed by atoms with van der Waals surface area (Å²) >= 11 is 0. The van der Waals surface area contributed by atoms with Crippen molar-refractivity contribution in [3.63, 3.8) is 0 Å². The van der Waals surface area contributed by atoms with Gasteiger partial charge in [-0.1, -0.05) is 17.1 Å². The third-order valence-corrected chi connectivity index (χ3v) is 2.49. The first-order valence-electron chi connectivity index (χ1n) is 4.30. The maximum Gasteiger partial charge on any atom is 0.319 e. The SMILES string of the molecule is CCC(C)(C)N(C)c1nnc(N)o1. The molecule has 2 N–H and O–H groups in total. The van der Waals surface area contributed by atoms with E-state index in [0.29, 0.717) is 6.01 Å². The van der Waals surface area contributed by atoms with E-state index < -0.39 is 0 Å². The van der Waals surface area contributed by atoms with E-state index in [2.05, 4.69) is 31.0 Å². The topological polar surface area (TPSA) is 68.2 Å². The summed E-state index contributed by atoms with van der Waals surface area (Å²) < 4.78 is 5.11. The van der Waals surface area contributed by atoms with E-state index in [1.807, 2.05) is 11.9 Å². The normalized spacial score (nSPS) is 11.7. The summed E-state index contributed by atoms with van der Waals surface area (Å²) in [6.45, 7) is 6.32. The summed E-state index contributed by atoms with van der Waals surface area (Å²) in [6.07, 6.45) is 0.992. The molecule has 5 heteroatoms. The second-order valence-electron chi connectivity index (χ2n) is 3.65. The van der Waals surface area contributed by atoms with Gasteiger partial charge in [0.2, 0.25) is 0 Å². The van der Waals surface area contributed by atoms with Gasteiger partial charge in [-0.2, -0.15) is 0 Å². The van der Waals surface area contributed by atoms with Gasteiger partial charge in [0.25, 0.3) is 0 Å². The summed E-state index contributed by atoms with van der Waals surface area (Å²) in [5.74, 6) is 0. The molecule has 1 heterocycles. The summed E-state index contributed by atoms with van der Waals surface area (Å²) in [7, 11) is 1.91. The van der Waals surface area contributed by atoms with E-state index in [1.54, 1.807) is 0 Å². The van der Waals surface area contributed by atoms with Crippen LogP contribution in [0.2, 0.25) is 0 Å². The van der Waals surface area contributed by atoms with Gasteiger partial charge in [-0.15, -0.1) is 0 Å². The van der Waals surface area contributed by atoms with E-state index in [9.17, 15) is 0 Å². The molecule has 0 saturated heterocycles. The smallest absolute Gasteiger partial charge is 0.319 e. The largest absolute Gasteiger partial charge is 0.390 e. The van der Waals surface area contributed by atoms with Gasteiger partial charge in [-0.05, 0) is 20.3 Å². The molecular weight excluding hydrogens is 168 g/mol. The molecule has 1 aromatic rings. The molecule has 0 aliphatic carbocycles. The highest BCUT2D eigenvalue weighted by molar-refractivity contribution is 5.30. The zero-order valence-corrected chi connectivity index (χ0v) is 8.53. The Bertz CT molecular complexity index is 281. The summed E-state index contributed by atoms with van der Waals surface area (Å²) in [4.78, 5) is 1.93. The molecule has 0 spiro atoms. The van der Waals surface area contributed by atoms with Crippen molar-refractivity contribution < 1.29 is 4.42 Å². The molecule has 74 valence electrons. The van der Waals surface area contributed by atoms with Crippen molar-refractivity contribution >= 4 is 12.0 Å². The minimum absolute atomic E-state index is 0.00102. The number of rotatable bonds is 3. The van der Waals surface area contributed by atoms with Crippen LogP contribution in [0.15, 0.2) is 4.42 Å². The van der Waals surface area contributed by atoms with Crippen LogP contribution in [0.1, 0.15) is 27.2 Å². The van der Waals surface area contributed by atoms with Crippen LogP contribution in [0.5, 0.6) is 0 Å². The van der Waals surface area contributed by atoms with Crippen LogP contribution in [0, 0.1) is 0 Å². The van der Waals surface area contributed by atoms with Crippen LogP contribution >= 0.6 is 0 Å². The molecule has 13 heavy (non-hydrogen) atoms. The van der Waals surface area contributed by atoms with Crippen LogP contribution in [0.3, 0.4) is 0 Å². The Morgan fingerprint density at radius 1 is 1.46 bits per heavy atom. The number of hydrogen-bond acceptors (Lipinski definition) is 5. The first-order valence-corrected chi connectivity index (χ1v) is 4.30. The zero-order valence-electron chi connectivity index (χ0n) is 8.53. The van der Waals surface area contributed by atoms with Crippen LogP contribution in [0.25, 0.3) is 0 Å². The van der Waals surface area contributed by atoms with Gasteiger partial charge in [-0.25, -0.2) is 0 Å². The number of hydrogen-bond donors (Lipinski definition) is 1. The lowest BCUT2D eigenvalue weighted by atomic mass is 10.0. The average molecular weight is 184 g/mol. The second kappa shape index (κ2) is 3.24. The third kappa shape index (κ3) is 1.91. The lowest BCUT2D eigenvalue weighted by Gasteiger charge is -2.32. The molecule has 0 radical (unpaired) electrons. The predicted molar refractivity (Wildman–Crippen MR) is 51.5 cm³/mol. The maximum absolute atomic E-state index is 5.33. The van der Waals surface area contributed by atoms with Crippen LogP contribution in [-0.4, -0.2) is 22.8 Å². The van der Waals surface area contributed by atoms with Gasteiger partial charge >= 0.3 is 12.0 Å². The number of aromatic nitrogens is 2. The van der Waals surface area contributed by atoms with Gasteiger partial charge in [-0.3, -0.25) is 0 Å². The first kappa shape index (κ1) is 9.83. The Hall–Kier alpha value is -1.26. The Kier molecular flexibility index (Phi) is 2.45. The minimum Gasteiger partial charge on any atom is -0.390 e. The fourth-order valence-electron chi connectivity index (χ4n) is 0.858. The number of nitrogens with zero attached hydrogens (tertiary/aromatic N) is 3. The Balaban J connectivity index is 2.84. The van der Waals surface area contributed by atoms with Gasteiger partial charge < -0.3 is 15.1 Å². The number of nitrogen functional groups attached to an aromatic ring is 1. The van der Waals surface area contributed by atoms with E-state index in [1.165, 1.54) is 0 Å². The highest BCUT2D eigenvalue weighted by Gasteiger charge is 2.25. The summed E-state index contributed by atoms with van der Waals surface area (Å²) in [5, 5.41) is 7.42. The van der Waals surface area contributed by atoms with E-state index in [4.69, 9.17) is 10.2 Å². The van der Waals surface area contributed by atoms with Gasteiger partial charge in [0, 0.05) is 12.6 Å². The van der Waals surface area contributed by atoms with Crippen molar-refractivity contribution in [2.75, 3.05) is 17.7 Å². The minimum atomic E-state index is -0.00102. The molecule has 5 nitrogen and oxygen atoms in total. The Labute approximate surface area is 77.9 Å². The standard InChI is InChI=1S/C8H16N4O/c1-5-8(2,3)12(4)7-11-10-6(9)13-7/h5H2,1-4H3,(H2,9,10). The van der Waals surface area contributed by atoms with Crippen molar-refractivity contribution in [2.45, 2.75) is 32.7 Å². The van der Waals surface area contributed by atoms with Gasteiger partial charge in [0.15, 0.2) is 0 Å². The van der Waals surface area contributed by atoms with E-state index >= 15 is 0 Å². The number of nitrogens with two attached hydrogens (primary N) is 1. The molecule has 0 aromatic carbocycles. The molecule has 0 fully saturated rings. The molecule has 0 atom stereocenters. The van der Waals surface area contributed by atoms with Gasteiger partial charge in [0.05, 0.1) is 0 Å². The van der Waals surface area contributed by atoms with Crippen LogP contribution in [0.4, 0.5) is 12.0 Å². The number of anilines is 2. The molecular formula is C8H16N4O. The molecule has 0 saturated carbocycles. The highest BCUT2D eigenvalue weighted by Crippen LogP contribution is 2.23. The van der Waals surface area contributed by atoms with Crippen molar-refractivity contribution in [2.24, 2.45) is 0 Å². The Morgan fingerprint density at radius 3 is 2.46 bits per heavy atom. The van der Waals surface area contributed by atoms with Crippen molar-refractivity contribution in [3.8, 4) is 0 Å². The third-order valence-electron chi connectivity index (χ3n) is 2.49. The summed E-state index contributed by atoms with van der Waals surface area (Å²) in [5.41, 5.74) is 5.33. The zero-order chi connectivity index (χ0) is 10.1. The molecule has 1 aromatic heterocycles. The molecule has 1 rings (SSSR count). The fourth-order valence-corrected chi connectivity index (χ4v) is 0.858. The first-order chi connectivity index (χ1) is 5.97. The average Bonchev–Trinajstić information content (AvgIpc) is 2.50. The van der Waals surface area contributed by atoms with Crippen molar-refractivity contribution in [1.29, 1.82) is 0 Å². The maximum atomic E-state index is 5.33. The lowest BCUT2D eigenvalue weighted by molar-refractivity contribution is 0.428. The quantitative estimate of drug-likeness (QED) is 0.766. The van der Waals surface area contributed by atoms with Gasteiger partial charge in [0.1, 0.15) is 0 Å². The highest BCUT2D eigenvalue weighted by atomic mass is 16.4. The lowest BCUT2D eigenvalue weighted by Crippen LogP contribution is -2.40. The Morgan fingerprint density at radius 2 is 2.08 bits per heavy atom. The molecule has 0 aliphatic heterocycles. The van der Waals surface area contributed by atoms with Crippen molar-refractivity contribution in [1.82, 2.24) is 10.2 Å². The fraction of sp³-hybridized carbons (Fsp3) is 0.750.